The molecule has 4 N–H and O–H groups in total. The Morgan fingerprint density at radius 1 is 1.39 bits per heavy atom. The lowest BCUT2D eigenvalue weighted by Crippen LogP contribution is -2.37. The molecule has 0 aliphatic carbocycles. The summed E-state index contributed by atoms with van der Waals surface area (Å²) in [6.45, 7) is 5.04. The summed E-state index contributed by atoms with van der Waals surface area (Å²) in [6.07, 6.45) is 0.524. The average Bonchev–Trinajstić information content (AvgIpc) is 2.30. The van der Waals surface area contributed by atoms with Crippen LogP contribution in [0.4, 0.5) is 5.69 Å². The predicted molar refractivity (Wildman–Crippen MR) is 71.8 cm³/mol. The lowest BCUT2D eigenvalue weighted by molar-refractivity contribution is 0.254. The number of sulfonamides is 1. The number of aryl methyl sites for hydroxylation is 1. The van der Waals surface area contributed by atoms with Gasteiger partial charge in [-0.1, -0.05) is 6.92 Å². The van der Waals surface area contributed by atoms with Crippen LogP contribution in [0.1, 0.15) is 24.5 Å². The van der Waals surface area contributed by atoms with Crippen LogP contribution in [0, 0.1) is 13.8 Å². The van der Waals surface area contributed by atoms with Crippen molar-refractivity contribution in [3.63, 3.8) is 0 Å². The Kier molecular flexibility index (Phi) is 4.72. The molecule has 0 aliphatic heterocycles. The van der Waals surface area contributed by atoms with E-state index in [-0.39, 0.29) is 11.5 Å². The molecule has 18 heavy (non-hydrogen) atoms. The highest BCUT2D eigenvalue weighted by Crippen LogP contribution is 2.23. The summed E-state index contributed by atoms with van der Waals surface area (Å²) in [5.41, 5.74) is 7.54. The molecule has 1 atom stereocenters. The molecular weight excluding hydrogens is 252 g/mol. The Hall–Kier alpha value is -1.11. The third kappa shape index (κ3) is 3.22. The Labute approximate surface area is 108 Å². The van der Waals surface area contributed by atoms with Crippen molar-refractivity contribution in [2.45, 2.75) is 38.1 Å². The summed E-state index contributed by atoms with van der Waals surface area (Å²) in [6, 6.07) is 2.84. The van der Waals surface area contributed by atoms with Crippen LogP contribution in [0.15, 0.2) is 17.0 Å². The molecule has 0 radical (unpaired) electrons. The van der Waals surface area contributed by atoms with E-state index in [1.165, 1.54) is 0 Å². The van der Waals surface area contributed by atoms with E-state index in [1.807, 2.05) is 0 Å². The van der Waals surface area contributed by atoms with Gasteiger partial charge in [-0.3, -0.25) is 0 Å². The molecule has 6 heteroatoms. The van der Waals surface area contributed by atoms with Crippen molar-refractivity contribution < 1.29 is 13.5 Å². The highest BCUT2D eigenvalue weighted by molar-refractivity contribution is 7.89. The minimum atomic E-state index is -3.65. The average molecular weight is 272 g/mol. The van der Waals surface area contributed by atoms with Crippen LogP contribution in [0.3, 0.4) is 0 Å². The summed E-state index contributed by atoms with van der Waals surface area (Å²) >= 11 is 0. The minimum Gasteiger partial charge on any atom is -0.398 e. The van der Waals surface area contributed by atoms with Crippen LogP contribution >= 0.6 is 0 Å². The first kappa shape index (κ1) is 14.9. The molecule has 0 aromatic heterocycles. The van der Waals surface area contributed by atoms with Crippen LogP contribution < -0.4 is 10.5 Å². The molecule has 5 nitrogen and oxygen atoms in total. The van der Waals surface area contributed by atoms with E-state index in [0.717, 1.165) is 5.56 Å². The zero-order chi connectivity index (χ0) is 13.9. The number of anilines is 1. The third-order valence-electron chi connectivity index (χ3n) is 2.87. The molecule has 0 spiro atoms. The lowest BCUT2D eigenvalue weighted by atomic mass is 10.1. The largest absolute Gasteiger partial charge is 0.398 e. The van der Waals surface area contributed by atoms with E-state index >= 15 is 0 Å². The fourth-order valence-electron chi connectivity index (χ4n) is 1.66. The second kappa shape index (κ2) is 5.69. The molecule has 0 amide bonds. The lowest BCUT2D eigenvalue weighted by Gasteiger charge is -2.17. The highest BCUT2D eigenvalue weighted by Gasteiger charge is 2.21. The maximum Gasteiger partial charge on any atom is 0.241 e. The topological polar surface area (TPSA) is 92.4 Å². The molecule has 0 aliphatic rings. The van der Waals surface area contributed by atoms with Gasteiger partial charge in [0.2, 0.25) is 10.0 Å². The van der Waals surface area contributed by atoms with Gasteiger partial charge in [0, 0.05) is 11.7 Å². The van der Waals surface area contributed by atoms with Crippen LogP contribution in [-0.2, 0) is 10.0 Å². The van der Waals surface area contributed by atoms with Gasteiger partial charge in [-0.25, -0.2) is 13.1 Å². The summed E-state index contributed by atoms with van der Waals surface area (Å²) in [5.74, 6) is 0. The summed E-state index contributed by atoms with van der Waals surface area (Å²) in [5, 5.41) is 9.06. The van der Waals surface area contributed by atoms with Gasteiger partial charge in [-0.15, -0.1) is 0 Å². The molecule has 0 unspecified atom stereocenters. The molecular formula is C12H20N2O3S. The van der Waals surface area contributed by atoms with Crippen LogP contribution in [0.25, 0.3) is 0 Å². The fourth-order valence-corrected chi connectivity index (χ4v) is 3.33. The van der Waals surface area contributed by atoms with Gasteiger partial charge in [0.25, 0.3) is 0 Å². The van der Waals surface area contributed by atoms with E-state index in [1.54, 1.807) is 32.9 Å². The molecule has 1 aromatic carbocycles. The van der Waals surface area contributed by atoms with E-state index in [9.17, 15) is 8.42 Å². The third-order valence-corrected chi connectivity index (χ3v) is 4.52. The van der Waals surface area contributed by atoms with Crippen molar-refractivity contribution in [3.05, 3.63) is 23.3 Å². The minimum absolute atomic E-state index is 0.173. The van der Waals surface area contributed by atoms with Gasteiger partial charge in [0.15, 0.2) is 0 Å². The van der Waals surface area contributed by atoms with Gasteiger partial charge in [-0.05, 0) is 43.5 Å². The normalized spacial score (nSPS) is 13.6. The number of nitrogens with two attached hydrogens (primary N) is 1. The molecule has 0 heterocycles. The maximum absolute atomic E-state index is 12.2. The van der Waals surface area contributed by atoms with Gasteiger partial charge < -0.3 is 10.8 Å². The quantitative estimate of drug-likeness (QED) is 0.695. The van der Waals surface area contributed by atoms with Crippen LogP contribution in [-0.4, -0.2) is 26.2 Å². The zero-order valence-corrected chi connectivity index (χ0v) is 11.7. The SMILES string of the molecule is CC[C@@H](CO)NS(=O)(=O)c1cc(C)cc(N)c1C. The van der Waals surface area contributed by atoms with Crippen LogP contribution in [0.5, 0.6) is 0 Å². The monoisotopic (exact) mass is 272 g/mol. The van der Waals surface area contributed by atoms with Crippen molar-refractivity contribution in [2.75, 3.05) is 12.3 Å². The number of rotatable bonds is 5. The van der Waals surface area contributed by atoms with Gasteiger partial charge in [-0.2, -0.15) is 0 Å². The number of aliphatic hydroxyl groups excluding tert-OH is 1. The maximum atomic E-state index is 12.2. The van der Waals surface area contributed by atoms with Gasteiger partial charge >= 0.3 is 0 Å². The molecule has 0 bridgehead atoms. The number of benzene rings is 1. The van der Waals surface area contributed by atoms with Gasteiger partial charge in [0.1, 0.15) is 0 Å². The Balaban J connectivity index is 3.20. The Bertz CT molecular complexity index is 522. The first-order chi connectivity index (χ1) is 8.31. The van der Waals surface area contributed by atoms with E-state index in [4.69, 9.17) is 10.8 Å². The number of nitrogens with one attached hydrogen (secondary N) is 1. The second-order valence-electron chi connectivity index (χ2n) is 4.39. The number of hydrogen-bond acceptors (Lipinski definition) is 4. The Morgan fingerprint density at radius 2 is 2.00 bits per heavy atom. The van der Waals surface area contributed by atoms with Crippen molar-refractivity contribution >= 4 is 15.7 Å². The fraction of sp³-hybridized carbons (Fsp3) is 0.500. The zero-order valence-electron chi connectivity index (χ0n) is 10.9. The van der Waals surface area contributed by atoms with Crippen molar-refractivity contribution in [1.82, 2.24) is 4.72 Å². The van der Waals surface area contributed by atoms with Crippen molar-refractivity contribution in [2.24, 2.45) is 0 Å². The van der Waals surface area contributed by atoms with E-state index in [0.29, 0.717) is 17.7 Å². The summed E-state index contributed by atoms with van der Waals surface area (Å²) in [4.78, 5) is 0.173. The van der Waals surface area contributed by atoms with Crippen LogP contribution in [0.2, 0.25) is 0 Å². The second-order valence-corrected chi connectivity index (χ2v) is 6.07. The number of hydrogen-bond donors (Lipinski definition) is 3. The Morgan fingerprint density at radius 3 is 2.50 bits per heavy atom. The molecule has 0 saturated heterocycles. The standard InChI is InChI=1S/C12H20N2O3S/c1-4-10(7-15)14-18(16,17)12-6-8(2)5-11(13)9(12)3/h5-6,10,14-15H,4,7,13H2,1-3H3/t10-/m0/s1. The van der Waals surface area contributed by atoms with Crippen molar-refractivity contribution in [3.8, 4) is 0 Å². The molecule has 0 fully saturated rings. The number of aliphatic hydroxyl groups is 1. The molecule has 1 aromatic rings. The van der Waals surface area contributed by atoms with Crippen molar-refractivity contribution in [1.29, 1.82) is 0 Å². The summed E-state index contributed by atoms with van der Waals surface area (Å²) in [7, 11) is -3.65. The smallest absolute Gasteiger partial charge is 0.241 e. The predicted octanol–water partition coefficient (Wildman–Crippen LogP) is 0.935. The number of nitrogen functional groups attached to an aromatic ring is 1. The van der Waals surface area contributed by atoms with Gasteiger partial charge in [0.05, 0.1) is 11.5 Å². The van der Waals surface area contributed by atoms with E-state index < -0.39 is 16.1 Å². The summed E-state index contributed by atoms with van der Waals surface area (Å²) < 4.78 is 26.9. The first-order valence-corrected chi connectivity index (χ1v) is 7.30. The van der Waals surface area contributed by atoms with E-state index in [2.05, 4.69) is 4.72 Å². The molecule has 1 rings (SSSR count). The first-order valence-electron chi connectivity index (χ1n) is 5.81. The molecule has 0 saturated carbocycles. The molecule has 102 valence electrons. The highest BCUT2D eigenvalue weighted by atomic mass is 32.2.